The van der Waals surface area contributed by atoms with Gasteiger partial charge in [0.15, 0.2) is 0 Å². The van der Waals surface area contributed by atoms with Crippen LogP contribution in [0.2, 0.25) is 0 Å². The van der Waals surface area contributed by atoms with Gasteiger partial charge in [-0.2, -0.15) is 14.9 Å². The summed E-state index contributed by atoms with van der Waals surface area (Å²) in [4.78, 5) is 0. The molecule has 140 valence electrons. The summed E-state index contributed by atoms with van der Waals surface area (Å²) in [5.41, 5.74) is 6.88. The Bertz CT molecular complexity index is 1190. The van der Waals surface area contributed by atoms with Gasteiger partial charge in [0.25, 0.3) is 0 Å². The Morgan fingerprint density at radius 3 is 2.29 bits per heavy atom. The molecule has 0 fully saturated rings. The van der Waals surface area contributed by atoms with Gasteiger partial charge in [0, 0.05) is 22.6 Å². The van der Waals surface area contributed by atoms with Crippen LogP contribution in [-0.4, -0.2) is 25.7 Å². The molecule has 0 atom stereocenters. The van der Waals surface area contributed by atoms with Crippen LogP contribution in [0.3, 0.4) is 0 Å². The summed E-state index contributed by atoms with van der Waals surface area (Å²) in [5, 5.41) is 11.3. The van der Waals surface area contributed by atoms with E-state index in [4.69, 9.17) is 12.2 Å². The Labute approximate surface area is 169 Å². The van der Waals surface area contributed by atoms with Gasteiger partial charge < -0.3 is 4.57 Å². The highest BCUT2D eigenvalue weighted by Gasteiger charge is 2.10. The van der Waals surface area contributed by atoms with Crippen molar-refractivity contribution in [2.45, 2.75) is 20.8 Å². The van der Waals surface area contributed by atoms with Gasteiger partial charge in [-0.3, -0.25) is 5.10 Å². The van der Waals surface area contributed by atoms with E-state index in [1.807, 2.05) is 19.2 Å². The molecule has 5 nitrogen and oxygen atoms in total. The number of benzene rings is 2. The molecule has 4 rings (SSSR count). The lowest BCUT2D eigenvalue weighted by atomic mass is 10.1. The average Bonchev–Trinajstić information content (AvgIpc) is 3.18. The largest absolute Gasteiger partial charge is 0.318 e. The molecule has 28 heavy (non-hydrogen) atoms. The number of aromatic amines is 1. The summed E-state index contributed by atoms with van der Waals surface area (Å²) in [7, 11) is 0. The Kier molecular flexibility index (Phi) is 4.79. The van der Waals surface area contributed by atoms with Crippen LogP contribution in [0.25, 0.3) is 16.8 Å². The summed E-state index contributed by atoms with van der Waals surface area (Å²) >= 11 is 5.21. The molecule has 0 aliphatic rings. The summed E-state index contributed by atoms with van der Waals surface area (Å²) in [6, 6.07) is 21.1. The molecule has 2 aromatic heterocycles. The van der Waals surface area contributed by atoms with Crippen LogP contribution < -0.4 is 0 Å². The van der Waals surface area contributed by atoms with Crippen LogP contribution >= 0.6 is 12.2 Å². The lowest BCUT2D eigenvalue weighted by Gasteiger charge is -2.11. The number of hydrogen-bond acceptors (Lipinski definition) is 3. The fourth-order valence-electron chi connectivity index (χ4n) is 3.38. The van der Waals surface area contributed by atoms with Crippen molar-refractivity contribution in [2.75, 3.05) is 0 Å². The molecule has 0 aliphatic heterocycles. The van der Waals surface area contributed by atoms with Crippen LogP contribution in [0, 0.1) is 25.5 Å². The first kappa shape index (κ1) is 18.1. The van der Waals surface area contributed by atoms with Crippen LogP contribution in [0.5, 0.6) is 0 Å². The number of nitrogens with zero attached hydrogens (tertiary/aromatic N) is 4. The molecule has 0 amide bonds. The third-order valence-electron chi connectivity index (χ3n) is 4.83. The maximum Gasteiger partial charge on any atom is 0.216 e. The lowest BCUT2D eigenvalue weighted by Crippen LogP contribution is -2.00. The van der Waals surface area contributed by atoms with Crippen LogP contribution in [0.15, 0.2) is 65.8 Å². The summed E-state index contributed by atoms with van der Waals surface area (Å²) < 4.78 is 4.34. The van der Waals surface area contributed by atoms with Gasteiger partial charge in [-0.1, -0.05) is 42.5 Å². The molecule has 1 N–H and O–H groups in total. The van der Waals surface area contributed by atoms with Gasteiger partial charge in [0.1, 0.15) is 5.82 Å². The zero-order valence-electron chi connectivity index (χ0n) is 16.0. The average molecular weight is 388 g/mol. The number of H-pyrrole nitrogens is 1. The molecule has 2 aromatic carbocycles. The predicted molar refractivity (Wildman–Crippen MR) is 116 cm³/mol. The highest BCUT2D eigenvalue weighted by molar-refractivity contribution is 7.71. The van der Waals surface area contributed by atoms with E-state index in [0.29, 0.717) is 4.77 Å². The third-order valence-corrected chi connectivity index (χ3v) is 5.09. The molecular weight excluding hydrogens is 366 g/mol. The van der Waals surface area contributed by atoms with Crippen molar-refractivity contribution in [1.82, 2.24) is 19.4 Å². The molecule has 0 spiro atoms. The minimum absolute atomic E-state index is 0.485. The zero-order valence-corrected chi connectivity index (χ0v) is 16.9. The quantitative estimate of drug-likeness (QED) is 0.386. The lowest BCUT2D eigenvalue weighted by molar-refractivity contribution is 0.820. The topological polar surface area (TPSA) is 50.9 Å². The standard InChI is InChI=1S/C22H21N5S/c1-15-13-20(14-23-27-17(3)24-25-22(27)28)16(2)26(15)21-11-9-19(10-12-21)18-7-5-4-6-8-18/h4-14H,1-3H3,(H,25,28)/b23-14-. The van der Waals surface area contributed by atoms with E-state index in [9.17, 15) is 0 Å². The minimum Gasteiger partial charge on any atom is -0.318 e. The van der Waals surface area contributed by atoms with Gasteiger partial charge in [0.2, 0.25) is 4.77 Å². The first-order chi connectivity index (χ1) is 13.5. The van der Waals surface area contributed by atoms with Gasteiger partial charge in [-0.05, 0) is 62.3 Å². The molecule has 2 heterocycles. The van der Waals surface area contributed by atoms with Crippen LogP contribution in [0.1, 0.15) is 22.8 Å². The molecule has 6 heteroatoms. The molecular formula is C22H21N5S. The van der Waals surface area contributed by atoms with E-state index in [-0.39, 0.29) is 0 Å². The normalized spacial score (nSPS) is 11.4. The second-order valence-corrected chi connectivity index (χ2v) is 7.09. The molecule has 0 unspecified atom stereocenters. The van der Waals surface area contributed by atoms with Crippen LogP contribution in [0.4, 0.5) is 0 Å². The fraction of sp³-hybridized carbons (Fsp3) is 0.136. The Hall–Kier alpha value is -3.25. The number of rotatable bonds is 4. The maximum absolute atomic E-state index is 5.21. The molecule has 0 radical (unpaired) electrons. The summed E-state index contributed by atoms with van der Waals surface area (Å²) in [6.07, 6.45) is 1.83. The van der Waals surface area contributed by atoms with Crippen molar-refractivity contribution in [3.63, 3.8) is 0 Å². The smallest absolute Gasteiger partial charge is 0.216 e. The van der Waals surface area contributed by atoms with Gasteiger partial charge in [0.05, 0.1) is 6.21 Å². The van der Waals surface area contributed by atoms with Crippen molar-refractivity contribution < 1.29 is 0 Å². The third kappa shape index (κ3) is 3.34. The van der Waals surface area contributed by atoms with Crippen molar-refractivity contribution in [1.29, 1.82) is 0 Å². The fourth-order valence-corrected chi connectivity index (χ4v) is 3.60. The van der Waals surface area contributed by atoms with Gasteiger partial charge in [-0.25, -0.2) is 0 Å². The van der Waals surface area contributed by atoms with Crippen LogP contribution in [-0.2, 0) is 0 Å². The number of hydrogen-bond donors (Lipinski definition) is 1. The molecule has 0 bridgehead atoms. The second kappa shape index (κ2) is 7.40. The maximum atomic E-state index is 5.21. The second-order valence-electron chi connectivity index (χ2n) is 6.71. The zero-order chi connectivity index (χ0) is 19.7. The summed E-state index contributed by atoms with van der Waals surface area (Å²) in [5.74, 6) is 0.728. The number of nitrogens with one attached hydrogen (secondary N) is 1. The Morgan fingerprint density at radius 1 is 0.964 bits per heavy atom. The van der Waals surface area contributed by atoms with E-state index in [0.717, 1.165) is 28.5 Å². The highest BCUT2D eigenvalue weighted by Crippen LogP contribution is 2.24. The van der Waals surface area contributed by atoms with Crippen molar-refractivity contribution in [3.05, 3.63) is 88.2 Å². The van der Waals surface area contributed by atoms with Gasteiger partial charge in [-0.15, -0.1) is 0 Å². The van der Waals surface area contributed by atoms with E-state index >= 15 is 0 Å². The molecule has 0 saturated heterocycles. The molecule has 4 aromatic rings. The molecule has 0 saturated carbocycles. The number of aryl methyl sites for hydroxylation is 2. The summed E-state index contributed by atoms with van der Waals surface area (Å²) in [6.45, 7) is 6.06. The Morgan fingerprint density at radius 2 is 1.64 bits per heavy atom. The first-order valence-electron chi connectivity index (χ1n) is 9.08. The predicted octanol–water partition coefficient (Wildman–Crippen LogP) is 5.21. The minimum atomic E-state index is 0.485. The van der Waals surface area contributed by atoms with Gasteiger partial charge >= 0.3 is 0 Å². The van der Waals surface area contributed by atoms with E-state index < -0.39 is 0 Å². The first-order valence-corrected chi connectivity index (χ1v) is 9.48. The van der Waals surface area contributed by atoms with E-state index in [1.54, 1.807) is 4.68 Å². The van der Waals surface area contributed by atoms with Crippen molar-refractivity contribution in [2.24, 2.45) is 5.10 Å². The van der Waals surface area contributed by atoms with E-state index in [1.165, 1.54) is 11.1 Å². The molecule has 0 aliphatic carbocycles. The highest BCUT2D eigenvalue weighted by atomic mass is 32.1. The number of aromatic nitrogens is 4. The van der Waals surface area contributed by atoms with Crippen molar-refractivity contribution >= 4 is 18.4 Å². The van der Waals surface area contributed by atoms with Crippen molar-refractivity contribution in [3.8, 4) is 16.8 Å². The monoisotopic (exact) mass is 387 g/mol. The SMILES string of the molecule is Cc1cc(/C=N\n2c(C)n[nH]c2=S)c(C)n1-c1ccc(-c2ccccc2)cc1. The van der Waals surface area contributed by atoms with E-state index in [2.05, 4.69) is 88.3 Å². The Balaban J connectivity index is 1.67.